The lowest BCUT2D eigenvalue weighted by molar-refractivity contribution is -0.185. The number of hydrogen-bond acceptors (Lipinski definition) is 4. The number of amides is 2. The van der Waals surface area contributed by atoms with Crippen LogP contribution in [0.2, 0.25) is 0 Å². The Kier molecular flexibility index (Phi) is 2.69. The maximum atomic E-state index is 11.3. The fourth-order valence-corrected chi connectivity index (χ4v) is 1.12. The third kappa shape index (κ3) is 1.81. The summed E-state index contributed by atoms with van der Waals surface area (Å²) in [5, 5.41) is 0. The Morgan fingerprint density at radius 2 is 2.07 bits per heavy atom. The lowest BCUT2D eigenvalue weighted by Crippen LogP contribution is -2.57. The predicted octanol–water partition coefficient (Wildman–Crippen LogP) is 0.211. The largest absolute Gasteiger partial charge is 0.441 e. The van der Waals surface area contributed by atoms with Gasteiger partial charge in [-0.1, -0.05) is 6.58 Å². The smallest absolute Gasteiger partial charge is 0.304 e. The van der Waals surface area contributed by atoms with Crippen LogP contribution in [0.4, 0.5) is 0 Å². The molecule has 0 aromatic rings. The fourth-order valence-electron chi connectivity index (χ4n) is 1.12. The molecule has 0 spiro atoms. The molecule has 1 rings (SSSR count). The van der Waals surface area contributed by atoms with Crippen LogP contribution in [0, 0.1) is 0 Å². The number of β-lactam (4-membered cyclic amide) rings is 1. The van der Waals surface area contributed by atoms with E-state index in [4.69, 9.17) is 4.74 Å². The maximum absolute atomic E-state index is 11.3. The summed E-state index contributed by atoms with van der Waals surface area (Å²) in [7, 11) is 0. The van der Waals surface area contributed by atoms with Gasteiger partial charge < -0.3 is 4.74 Å². The zero-order valence-corrected chi connectivity index (χ0v) is 8.07. The molecule has 0 radical (unpaired) electrons. The van der Waals surface area contributed by atoms with Gasteiger partial charge in [-0.25, -0.2) is 4.90 Å². The second-order valence-electron chi connectivity index (χ2n) is 3.12. The van der Waals surface area contributed by atoms with Crippen LogP contribution in [0.1, 0.15) is 20.3 Å². The molecule has 1 atom stereocenters. The number of ether oxygens (including phenoxy) is 1. The molecular weight excluding hydrogens is 186 g/mol. The molecule has 0 aromatic heterocycles. The van der Waals surface area contributed by atoms with E-state index in [2.05, 4.69) is 6.58 Å². The molecule has 1 aliphatic heterocycles. The molecule has 0 N–H and O–H groups in total. The van der Waals surface area contributed by atoms with E-state index < -0.39 is 18.1 Å². The molecule has 2 amide bonds. The van der Waals surface area contributed by atoms with Crippen molar-refractivity contribution in [3.63, 3.8) is 0 Å². The van der Waals surface area contributed by atoms with Gasteiger partial charge in [-0.15, -0.1) is 0 Å². The number of esters is 1. The summed E-state index contributed by atoms with van der Waals surface area (Å²) < 4.78 is 4.74. The summed E-state index contributed by atoms with van der Waals surface area (Å²) in [4.78, 5) is 33.9. The van der Waals surface area contributed by atoms with E-state index in [-0.39, 0.29) is 17.9 Å². The molecule has 5 nitrogen and oxygen atoms in total. The average molecular weight is 197 g/mol. The van der Waals surface area contributed by atoms with Crippen LogP contribution >= 0.6 is 0 Å². The first-order chi connectivity index (χ1) is 6.43. The highest BCUT2D eigenvalue weighted by Crippen LogP contribution is 2.22. The van der Waals surface area contributed by atoms with Crippen molar-refractivity contribution in [1.82, 2.24) is 4.90 Å². The van der Waals surface area contributed by atoms with Gasteiger partial charge in [-0.3, -0.25) is 14.4 Å². The van der Waals surface area contributed by atoms with Crippen LogP contribution < -0.4 is 0 Å². The van der Waals surface area contributed by atoms with Gasteiger partial charge in [0, 0.05) is 12.5 Å². The zero-order chi connectivity index (χ0) is 10.9. The van der Waals surface area contributed by atoms with Gasteiger partial charge >= 0.3 is 5.97 Å². The second-order valence-corrected chi connectivity index (χ2v) is 3.12. The van der Waals surface area contributed by atoms with E-state index in [9.17, 15) is 14.4 Å². The van der Waals surface area contributed by atoms with Crippen LogP contribution in [0.5, 0.6) is 0 Å². The molecule has 0 aromatic carbocycles. The molecule has 0 saturated carbocycles. The number of likely N-dealkylation sites (tertiary alicyclic amines) is 1. The summed E-state index contributed by atoms with van der Waals surface area (Å²) in [6.07, 6.45) is -0.678. The van der Waals surface area contributed by atoms with E-state index in [1.165, 1.54) is 13.8 Å². The van der Waals surface area contributed by atoms with Crippen LogP contribution in [-0.4, -0.2) is 28.9 Å². The monoisotopic (exact) mass is 197 g/mol. The molecule has 14 heavy (non-hydrogen) atoms. The maximum Gasteiger partial charge on any atom is 0.304 e. The number of carbonyl (C=O) groups excluding carboxylic acids is 3. The van der Waals surface area contributed by atoms with Crippen molar-refractivity contribution in [3.05, 3.63) is 12.2 Å². The quantitative estimate of drug-likeness (QED) is 0.360. The van der Waals surface area contributed by atoms with Crippen molar-refractivity contribution in [2.75, 3.05) is 0 Å². The van der Waals surface area contributed by atoms with E-state index in [0.717, 1.165) is 4.90 Å². The van der Waals surface area contributed by atoms with E-state index in [1.807, 2.05) is 0 Å². The minimum Gasteiger partial charge on any atom is -0.441 e. The van der Waals surface area contributed by atoms with Crippen LogP contribution in [-0.2, 0) is 19.1 Å². The number of nitrogens with zero attached hydrogens (tertiary/aromatic N) is 1. The highest BCUT2D eigenvalue weighted by molar-refractivity contribution is 6.07. The van der Waals surface area contributed by atoms with E-state index in [0.29, 0.717) is 0 Å². The summed E-state index contributed by atoms with van der Waals surface area (Å²) in [6, 6.07) is 0. The Morgan fingerprint density at radius 1 is 1.50 bits per heavy atom. The molecule has 0 aliphatic carbocycles. The Labute approximate surface area is 81.3 Å². The van der Waals surface area contributed by atoms with Gasteiger partial charge in [-0.05, 0) is 6.92 Å². The van der Waals surface area contributed by atoms with Crippen molar-refractivity contribution < 1.29 is 19.1 Å². The third-order valence-electron chi connectivity index (χ3n) is 1.79. The van der Waals surface area contributed by atoms with Crippen LogP contribution in [0.3, 0.4) is 0 Å². The van der Waals surface area contributed by atoms with Crippen molar-refractivity contribution in [2.24, 2.45) is 0 Å². The number of carbonyl (C=O) groups is 3. The zero-order valence-electron chi connectivity index (χ0n) is 8.07. The number of imide groups is 1. The molecule has 1 aliphatic rings. The highest BCUT2D eigenvalue weighted by Gasteiger charge is 2.43. The van der Waals surface area contributed by atoms with Crippen LogP contribution in [0.15, 0.2) is 12.2 Å². The first-order valence-electron chi connectivity index (χ1n) is 4.12. The number of hydrogen-bond donors (Lipinski definition) is 0. The highest BCUT2D eigenvalue weighted by atomic mass is 16.6. The molecular formula is C9H11NO4. The van der Waals surface area contributed by atoms with Gasteiger partial charge in [0.15, 0.2) is 6.23 Å². The molecule has 5 heteroatoms. The Morgan fingerprint density at radius 3 is 2.43 bits per heavy atom. The molecule has 1 heterocycles. The summed E-state index contributed by atoms with van der Waals surface area (Å²) in [5.41, 5.74) is 0.246. The van der Waals surface area contributed by atoms with Gasteiger partial charge in [-0.2, -0.15) is 0 Å². The second kappa shape index (κ2) is 3.61. The van der Waals surface area contributed by atoms with Gasteiger partial charge in [0.05, 0.1) is 6.42 Å². The summed E-state index contributed by atoms with van der Waals surface area (Å²) in [6.45, 7) is 6.15. The van der Waals surface area contributed by atoms with Crippen molar-refractivity contribution >= 4 is 17.8 Å². The van der Waals surface area contributed by atoms with Crippen molar-refractivity contribution in [3.8, 4) is 0 Å². The van der Waals surface area contributed by atoms with Gasteiger partial charge in [0.1, 0.15) is 0 Å². The standard InChI is InChI=1S/C9H11NO4/c1-5(2)9(13)10-7(12)4-8(10)14-6(3)11/h8H,1,4H2,2-3H3. The summed E-state index contributed by atoms with van der Waals surface area (Å²) in [5.74, 6) is -1.35. The first-order valence-corrected chi connectivity index (χ1v) is 4.12. The molecule has 1 saturated heterocycles. The molecule has 0 bridgehead atoms. The van der Waals surface area contributed by atoms with Gasteiger partial charge in [0.25, 0.3) is 5.91 Å². The summed E-state index contributed by atoms with van der Waals surface area (Å²) >= 11 is 0. The molecule has 76 valence electrons. The minimum atomic E-state index is -0.746. The van der Waals surface area contributed by atoms with E-state index in [1.54, 1.807) is 0 Å². The predicted molar refractivity (Wildman–Crippen MR) is 46.8 cm³/mol. The number of rotatable bonds is 2. The van der Waals surface area contributed by atoms with Crippen molar-refractivity contribution in [2.45, 2.75) is 26.5 Å². The minimum absolute atomic E-state index is 0.0681. The lowest BCUT2D eigenvalue weighted by atomic mass is 10.1. The van der Waals surface area contributed by atoms with Crippen molar-refractivity contribution in [1.29, 1.82) is 0 Å². The normalized spacial score (nSPS) is 20.0. The lowest BCUT2D eigenvalue weighted by Gasteiger charge is -2.37. The topological polar surface area (TPSA) is 63.7 Å². The Bertz CT molecular complexity index is 321. The van der Waals surface area contributed by atoms with Gasteiger partial charge in [0.2, 0.25) is 5.91 Å². The SMILES string of the molecule is C=C(C)C(=O)N1C(=O)CC1OC(C)=O. The Balaban J connectivity index is 2.66. The fraction of sp³-hybridized carbons (Fsp3) is 0.444. The Hall–Kier alpha value is -1.65. The third-order valence-corrected chi connectivity index (χ3v) is 1.79. The molecule has 1 fully saturated rings. The first kappa shape index (κ1) is 10.4. The average Bonchev–Trinajstić information content (AvgIpc) is 2.01. The molecule has 1 unspecified atom stereocenters. The van der Waals surface area contributed by atoms with E-state index >= 15 is 0 Å². The van der Waals surface area contributed by atoms with Crippen LogP contribution in [0.25, 0.3) is 0 Å².